The molecule has 0 fully saturated rings. The lowest BCUT2D eigenvalue weighted by Gasteiger charge is -2.00. The van der Waals surface area contributed by atoms with Crippen LogP contribution >= 0.6 is 15.9 Å². The average Bonchev–Trinajstić information content (AvgIpc) is 3.17. The number of carbonyl (C=O) groups excluding carboxylic acids is 1. The number of hydrogen-bond donors (Lipinski definition) is 0. The number of nitro groups is 1. The minimum Gasteiger partial charge on any atom is -0.460 e. The van der Waals surface area contributed by atoms with Crippen molar-refractivity contribution in [1.82, 2.24) is 9.78 Å². The molecule has 1 aromatic carbocycles. The number of rotatable bonds is 6. The number of halogens is 1. The van der Waals surface area contributed by atoms with Crippen LogP contribution < -0.4 is 0 Å². The van der Waals surface area contributed by atoms with Gasteiger partial charge in [0.1, 0.15) is 22.9 Å². The minimum atomic E-state index is -0.432. The van der Waals surface area contributed by atoms with Gasteiger partial charge < -0.3 is 4.42 Å². The number of allylic oxidation sites excluding steroid dienone is 1. The van der Waals surface area contributed by atoms with Gasteiger partial charge in [0, 0.05) is 10.0 Å². The Hall–Kier alpha value is -3.00. The summed E-state index contributed by atoms with van der Waals surface area (Å²) in [5.41, 5.74) is 1.43. The van der Waals surface area contributed by atoms with Crippen LogP contribution in [0.5, 0.6) is 0 Å². The lowest BCUT2D eigenvalue weighted by Crippen LogP contribution is -2.03. The Kier molecular flexibility index (Phi) is 5.36. The Morgan fingerprint density at radius 2 is 1.96 bits per heavy atom. The molecule has 0 amide bonds. The van der Waals surface area contributed by atoms with Crippen LogP contribution in [0.25, 0.3) is 6.08 Å². The third kappa shape index (κ3) is 4.22. The van der Waals surface area contributed by atoms with Crippen molar-refractivity contribution in [2.45, 2.75) is 20.4 Å². The molecule has 7 nitrogen and oxygen atoms in total. The molecule has 2 heterocycles. The molecular formula is C19H16BrN3O4. The highest BCUT2D eigenvalue weighted by Gasteiger charge is 2.22. The number of benzene rings is 1. The van der Waals surface area contributed by atoms with Gasteiger partial charge in [-0.2, -0.15) is 5.10 Å². The van der Waals surface area contributed by atoms with E-state index in [4.69, 9.17) is 4.42 Å². The first-order chi connectivity index (χ1) is 12.8. The first-order valence-corrected chi connectivity index (χ1v) is 8.89. The highest BCUT2D eigenvalue weighted by molar-refractivity contribution is 9.10. The summed E-state index contributed by atoms with van der Waals surface area (Å²) in [7, 11) is 0. The molecule has 0 aliphatic carbocycles. The van der Waals surface area contributed by atoms with Gasteiger partial charge in [0.2, 0.25) is 0 Å². The van der Waals surface area contributed by atoms with Crippen molar-refractivity contribution < 1.29 is 14.1 Å². The molecule has 0 aliphatic heterocycles. The molecule has 0 saturated heterocycles. The lowest BCUT2D eigenvalue weighted by atomic mass is 10.1. The summed E-state index contributed by atoms with van der Waals surface area (Å²) in [6.07, 6.45) is 3.04. The molecule has 0 saturated carbocycles. The SMILES string of the molecule is Cc1nn(Cc2ccc(/C=C/C(=O)c3ccc(Br)cc3)o2)c(C)c1[N+](=O)[O-]. The molecule has 3 aromatic rings. The van der Waals surface area contributed by atoms with E-state index in [1.807, 2.05) is 0 Å². The van der Waals surface area contributed by atoms with E-state index >= 15 is 0 Å². The van der Waals surface area contributed by atoms with E-state index in [1.165, 1.54) is 10.8 Å². The Bertz CT molecular complexity index is 1030. The Balaban J connectivity index is 1.72. The summed E-state index contributed by atoms with van der Waals surface area (Å²) < 4.78 is 8.12. The van der Waals surface area contributed by atoms with Crippen molar-refractivity contribution in [1.29, 1.82) is 0 Å². The van der Waals surface area contributed by atoms with E-state index in [-0.39, 0.29) is 18.0 Å². The van der Waals surface area contributed by atoms with E-state index in [2.05, 4.69) is 21.0 Å². The maximum absolute atomic E-state index is 12.2. The molecule has 0 aliphatic rings. The summed E-state index contributed by atoms with van der Waals surface area (Å²) in [6, 6.07) is 10.6. The van der Waals surface area contributed by atoms with Gasteiger partial charge in [-0.3, -0.25) is 19.6 Å². The first kappa shape index (κ1) is 18.8. The Morgan fingerprint density at radius 1 is 1.26 bits per heavy atom. The fourth-order valence-electron chi connectivity index (χ4n) is 2.69. The van der Waals surface area contributed by atoms with E-state index in [0.29, 0.717) is 28.5 Å². The number of nitrogens with zero attached hydrogens (tertiary/aromatic N) is 3. The molecule has 0 bridgehead atoms. The number of ketones is 1. The fourth-order valence-corrected chi connectivity index (χ4v) is 2.95. The largest absolute Gasteiger partial charge is 0.460 e. The van der Waals surface area contributed by atoms with Crippen molar-refractivity contribution in [2.24, 2.45) is 0 Å². The van der Waals surface area contributed by atoms with Gasteiger partial charge in [0.15, 0.2) is 5.78 Å². The molecule has 138 valence electrons. The maximum Gasteiger partial charge on any atom is 0.312 e. The van der Waals surface area contributed by atoms with E-state index in [9.17, 15) is 14.9 Å². The van der Waals surface area contributed by atoms with Crippen LogP contribution in [-0.4, -0.2) is 20.5 Å². The number of hydrogen-bond acceptors (Lipinski definition) is 5. The minimum absolute atomic E-state index is 0.0155. The molecule has 0 N–H and O–H groups in total. The number of aromatic nitrogens is 2. The van der Waals surface area contributed by atoms with Crippen LogP contribution in [0.15, 0.2) is 51.4 Å². The molecule has 2 aromatic heterocycles. The maximum atomic E-state index is 12.2. The molecular weight excluding hydrogens is 414 g/mol. The van der Waals surface area contributed by atoms with Crippen molar-refractivity contribution in [2.75, 3.05) is 0 Å². The van der Waals surface area contributed by atoms with Crippen LogP contribution in [0.3, 0.4) is 0 Å². The quantitative estimate of drug-likeness (QED) is 0.245. The second-order valence-electron chi connectivity index (χ2n) is 5.94. The number of carbonyl (C=O) groups is 1. The molecule has 3 rings (SSSR count). The van der Waals surface area contributed by atoms with Crippen LogP contribution in [0.4, 0.5) is 5.69 Å². The molecule has 8 heteroatoms. The third-order valence-electron chi connectivity index (χ3n) is 4.04. The summed E-state index contributed by atoms with van der Waals surface area (Å²) in [5, 5.41) is 15.3. The van der Waals surface area contributed by atoms with E-state index in [0.717, 1.165) is 4.47 Å². The smallest absolute Gasteiger partial charge is 0.312 e. The van der Waals surface area contributed by atoms with E-state index < -0.39 is 4.92 Å². The van der Waals surface area contributed by atoms with Gasteiger partial charge >= 0.3 is 5.69 Å². The zero-order valence-electron chi connectivity index (χ0n) is 14.7. The molecule has 0 atom stereocenters. The van der Waals surface area contributed by atoms with Gasteiger partial charge in [-0.15, -0.1) is 0 Å². The first-order valence-electron chi connectivity index (χ1n) is 8.10. The van der Waals surface area contributed by atoms with Crippen LogP contribution in [0.1, 0.15) is 33.3 Å². The van der Waals surface area contributed by atoms with Gasteiger partial charge in [-0.1, -0.05) is 15.9 Å². The average molecular weight is 430 g/mol. The lowest BCUT2D eigenvalue weighted by molar-refractivity contribution is -0.386. The predicted molar refractivity (Wildman–Crippen MR) is 104 cm³/mol. The Morgan fingerprint density at radius 3 is 2.59 bits per heavy atom. The van der Waals surface area contributed by atoms with Gasteiger partial charge in [0.25, 0.3) is 0 Å². The molecule has 0 radical (unpaired) electrons. The van der Waals surface area contributed by atoms with Crippen molar-refractivity contribution in [3.8, 4) is 0 Å². The summed E-state index contributed by atoms with van der Waals surface area (Å²) >= 11 is 3.33. The third-order valence-corrected chi connectivity index (χ3v) is 4.57. The van der Waals surface area contributed by atoms with Crippen LogP contribution in [-0.2, 0) is 6.54 Å². The molecule has 0 spiro atoms. The molecule has 0 unspecified atom stereocenters. The summed E-state index contributed by atoms with van der Waals surface area (Å²) in [6.45, 7) is 3.53. The summed E-state index contributed by atoms with van der Waals surface area (Å²) in [4.78, 5) is 22.8. The highest BCUT2D eigenvalue weighted by Crippen LogP contribution is 2.23. The predicted octanol–water partition coefficient (Wildman–Crippen LogP) is 4.71. The zero-order valence-corrected chi connectivity index (χ0v) is 16.3. The number of furan rings is 1. The Labute approximate surface area is 163 Å². The normalized spacial score (nSPS) is 11.2. The van der Waals surface area contributed by atoms with Crippen molar-refractivity contribution in [3.05, 3.63) is 85.5 Å². The standard InChI is InChI=1S/C19H16BrN3O4/c1-12-19(23(25)26)13(2)22(21-12)11-17-8-7-16(27-17)9-10-18(24)14-3-5-15(20)6-4-14/h3-10H,11H2,1-2H3/b10-9+. The van der Waals surface area contributed by atoms with Crippen LogP contribution in [0, 0.1) is 24.0 Å². The van der Waals surface area contributed by atoms with Gasteiger partial charge in [-0.05, 0) is 62.4 Å². The second kappa shape index (κ2) is 7.71. The monoisotopic (exact) mass is 429 g/mol. The fraction of sp³-hybridized carbons (Fsp3) is 0.158. The topological polar surface area (TPSA) is 91.2 Å². The second-order valence-corrected chi connectivity index (χ2v) is 6.86. The summed E-state index contributed by atoms with van der Waals surface area (Å²) in [5.74, 6) is 0.979. The van der Waals surface area contributed by atoms with Gasteiger partial charge in [0.05, 0.1) is 11.5 Å². The molecule has 27 heavy (non-hydrogen) atoms. The zero-order chi connectivity index (χ0) is 19.6. The van der Waals surface area contributed by atoms with Gasteiger partial charge in [-0.25, -0.2) is 0 Å². The highest BCUT2D eigenvalue weighted by atomic mass is 79.9. The van der Waals surface area contributed by atoms with Crippen LogP contribution in [0.2, 0.25) is 0 Å². The van der Waals surface area contributed by atoms with Crippen molar-refractivity contribution in [3.63, 3.8) is 0 Å². The van der Waals surface area contributed by atoms with E-state index in [1.54, 1.807) is 56.3 Å². The van der Waals surface area contributed by atoms with Crippen molar-refractivity contribution >= 4 is 33.5 Å². The number of aryl methyl sites for hydroxylation is 1.